The molecule has 6 nitrogen and oxygen atoms in total. The van der Waals surface area contributed by atoms with Gasteiger partial charge in [-0.05, 0) is 49.1 Å². The topological polar surface area (TPSA) is 92.3 Å². The standard InChI is InChI=1S/C16H22N2O4S3/c1-3-4-11-17-24(19,20)14-7-9-15(10-8-14)25(21,22)18-13(2)16-6-5-12-23-16/h5-10,12-13,17-18H,3-4,11H2,1-2H3/t13-/m0/s1. The average molecular weight is 403 g/mol. The molecule has 0 aliphatic heterocycles. The molecule has 0 unspecified atom stereocenters. The molecule has 0 fully saturated rings. The molecule has 0 bridgehead atoms. The molecule has 0 aliphatic carbocycles. The van der Waals surface area contributed by atoms with Crippen LogP contribution in [0, 0.1) is 0 Å². The summed E-state index contributed by atoms with van der Waals surface area (Å²) < 4.78 is 54.2. The van der Waals surface area contributed by atoms with Gasteiger partial charge in [-0.2, -0.15) is 0 Å². The van der Waals surface area contributed by atoms with Crippen LogP contribution in [0.15, 0.2) is 51.6 Å². The fourth-order valence-electron chi connectivity index (χ4n) is 2.16. The first-order chi connectivity index (χ1) is 11.8. The molecule has 0 amide bonds. The molecule has 1 atom stereocenters. The van der Waals surface area contributed by atoms with Gasteiger partial charge < -0.3 is 0 Å². The molecule has 0 saturated carbocycles. The molecule has 2 aromatic rings. The maximum atomic E-state index is 12.4. The minimum Gasteiger partial charge on any atom is -0.211 e. The second-order valence-electron chi connectivity index (χ2n) is 5.58. The minimum atomic E-state index is -3.73. The van der Waals surface area contributed by atoms with Gasteiger partial charge in [0.05, 0.1) is 15.8 Å². The molecule has 138 valence electrons. The number of thiophene rings is 1. The van der Waals surface area contributed by atoms with Crippen LogP contribution < -0.4 is 9.44 Å². The summed E-state index contributed by atoms with van der Waals surface area (Å²) in [6.07, 6.45) is 1.63. The fraction of sp³-hybridized carbons (Fsp3) is 0.375. The maximum Gasteiger partial charge on any atom is 0.241 e. The van der Waals surface area contributed by atoms with Crippen LogP contribution in [0.25, 0.3) is 0 Å². The zero-order chi connectivity index (χ0) is 18.5. The smallest absolute Gasteiger partial charge is 0.211 e. The molecule has 1 aromatic heterocycles. The highest BCUT2D eigenvalue weighted by Gasteiger charge is 2.20. The molecule has 0 spiro atoms. The third-order valence-electron chi connectivity index (χ3n) is 3.57. The first kappa shape index (κ1) is 20.1. The van der Waals surface area contributed by atoms with E-state index in [-0.39, 0.29) is 15.8 Å². The van der Waals surface area contributed by atoms with Gasteiger partial charge in [0.15, 0.2) is 0 Å². The fourth-order valence-corrected chi connectivity index (χ4v) is 5.27. The Morgan fingerprint density at radius 1 is 1.00 bits per heavy atom. The summed E-state index contributed by atoms with van der Waals surface area (Å²) in [5.41, 5.74) is 0. The summed E-state index contributed by atoms with van der Waals surface area (Å²) in [6, 6.07) is 8.57. The molecule has 1 heterocycles. The third kappa shape index (κ3) is 5.35. The molecule has 25 heavy (non-hydrogen) atoms. The van der Waals surface area contributed by atoms with Gasteiger partial charge in [-0.15, -0.1) is 11.3 Å². The molecule has 0 saturated heterocycles. The zero-order valence-corrected chi connectivity index (χ0v) is 16.5. The summed E-state index contributed by atoms with van der Waals surface area (Å²) in [5.74, 6) is 0. The summed E-state index contributed by atoms with van der Waals surface area (Å²) in [7, 11) is -7.34. The lowest BCUT2D eigenvalue weighted by Crippen LogP contribution is -2.27. The van der Waals surface area contributed by atoms with Crippen LogP contribution in [0.3, 0.4) is 0 Å². The first-order valence-electron chi connectivity index (χ1n) is 7.92. The number of rotatable bonds is 9. The molecular formula is C16H22N2O4S3. The number of sulfonamides is 2. The predicted octanol–water partition coefficient (Wildman–Crippen LogP) is 2.87. The van der Waals surface area contributed by atoms with Gasteiger partial charge in [0.25, 0.3) is 0 Å². The van der Waals surface area contributed by atoms with Gasteiger partial charge in [-0.3, -0.25) is 0 Å². The highest BCUT2D eigenvalue weighted by Crippen LogP contribution is 2.21. The average Bonchev–Trinajstić information content (AvgIpc) is 3.09. The Labute approximate surface area is 153 Å². The lowest BCUT2D eigenvalue weighted by Gasteiger charge is -2.13. The van der Waals surface area contributed by atoms with Crippen LogP contribution in [0.1, 0.15) is 37.6 Å². The SMILES string of the molecule is CCCCNS(=O)(=O)c1ccc(S(=O)(=O)N[C@@H](C)c2cccs2)cc1. The summed E-state index contributed by atoms with van der Waals surface area (Å²) in [5, 5.41) is 1.88. The Morgan fingerprint density at radius 3 is 2.12 bits per heavy atom. The van der Waals surface area contributed by atoms with Crippen LogP contribution in [0.4, 0.5) is 0 Å². The van der Waals surface area contributed by atoms with Crippen LogP contribution in [-0.4, -0.2) is 23.4 Å². The van der Waals surface area contributed by atoms with Crippen LogP contribution in [0.2, 0.25) is 0 Å². The lowest BCUT2D eigenvalue weighted by molar-refractivity contribution is 0.567. The molecule has 0 radical (unpaired) electrons. The van der Waals surface area contributed by atoms with Crippen molar-refractivity contribution in [3.63, 3.8) is 0 Å². The predicted molar refractivity (Wildman–Crippen MR) is 99.6 cm³/mol. The van der Waals surface area contributed by atoms with E-state index >= 15 is 0 Å². The van der Waals surface area contributed by atoms with Crippen molar-refractivity contribution in [1.29, 1.82) is 0 Å². The van der Waals surface area contributed by atoms with E-state index in [1.165, 1.54) is 35.6 Å². The number of unbranched alkanes of at least 4 members (excludes halogenated alkanes) is 1. The second kappa shape index (κ2) is 8.41. The van der Waals surface area contributed by atoms with E-state index in [9.17, 15) is 16.8 Å². The van der Waals surface area contributed by atoms with E-state index in [1.54, 1.807) is 6.92 Å². The Hall–Kier alpha value is -1.26. The Bertz CT molecular complexity index is 874. The van der Waals surface area contributed by atoms with Crippen molar-refractivity contribution < 1.29 is 16.8 Å². The summed E-state index contributed by atoms with van der Waals surface area (Å²) in [6.45, 7) is 4.09. The van der Waals surface area contributed by atoms with Crippen molar-refractivity contribution in [2.45, 2.75) is 42.5 Å². The van der Waals surface area contributed by atoms with Crippen molar-refractivity contribution in [2.24, 2.45) is 0 Å². The molecule has 2 rings (SSSR count). The quantitative estimate of drug-likeness (QED) is 0.631. The van der Waals surface area contributed by atoms with Gasteiger partial charge in [-0.1, -0.05) is 19.4 Å². The normalized spacial score (nSPS) is 13.7. The minimum absolute atomic E-state index is 0.0309. The van der Waals surface area contributed by atoms with Gasteiger partial charge in [0, 0.05) is 11.4 Å². The summed E-state index contributed by atoms with van der Waals surface area (Å²) in [4.78, 5) is 0.986. The van der Waals surface area contributed by atoms with Crippen molar-refractivity contribution in [2.75, 3.05) is 6.54 Å². The lowest BCUT2D eigenvalue weighted by atomic mass is 10.3. The van der Waals surface area contributed by atoms with E-state index < -0.39 is 20.0 Å². The van der Waals surface area contributed by atoms with Crippen molar-refractivity contribution in [3.05, 3.63) is 46.7 Å². The van der Waals surface area contributed by atoms with E-state index in [1.807, 2.05) is 24.4 Å². The van der Waals surface area contributed by atoms with Gasteiger partial charge in [0.2, 0.25) is 20.0 Å². The van der Waals surface area contributed by atoms with Gasteiger partial charge in [0.1, 0.15) is 0 Å². The highest BCUT2D eigenvalue weighted by atomic mass is 32.2. The molecule has 9 heteroatoms. The van der Waals surface area contributed by atoms with Gasteiger partial charge >= 0.3 is 0 Å². The third-order valence-corrected chi connectivity index (χ3v) is 7.66. The maximum absolute atomic E-state index is 12.4. The Morgan fingerprint density at radius 2 is 1.60 bits per heavy atom. The van der Waals surface area contributed by atoms with Crippen molar-refractivity contribution in [1.82, 2.24) is 9.44 Å². The van der Waals surface area contributed by atoms with Crippen LogP contribution in [-0.2, 0) is 20.0 Å². The molecular weight excluding hydrogens is 380 g/mol. The van der Waals surface area contributed by atoms with E-state index in [2.05, 4.69) is 9.44 Å². The largest absolute Gasteiger partial charge is 0.241 e. The van der Waals surface area contributed by atoms with Crippen molar-refractivity contribution >= 4 is 31.4 Å². The molecule has 1 aromatic carbocycles. The molecule has 2 N–H and O–H groups in total. The Balaban J connectivity index is 2.13. The van der Waals surface area contributed by atoms with Gasteiger partial charge in [-0.25, -0.2) is 26.3 Å². The molecule has 0 aliphatic rings. The first-order valence-corrected chi connectivity index (χ1v) is 11.8. The summed E-state index contributed by atoms with van der Waals surface area (Å²) >= 11 is 1.47. The Kier molecular flexibility index (Phi) is 6.75. The van der Waals surface area contributed by atoms with E-state index in [0.29, 0.717) is 6.54 Å². The number of nitrogens with one attached hydrogen (secondary N) is 2. The van der Waals surface area contributed by atoms with Crippen LogP contribution >= 0.6 is 11.3 Å². The highest BCUT2D eigenvalue weighted by molar-refractivity contribution is 7.90. The number of hydrogen-bond acceptors (Lipinski definition) is 5. The number of benzene rings is 1. The van der Waals surface area contributed by atoms with Crippen molar-refractivity contribution in [3.8, 4) is 0 Å². The zero-order valence-electron chi connectivity index (χ0n) is 14.1. The monoisotopic (exact) mass is 402 g/mol. The van der Waals surface area contributed by atoms with Crippen LogP contribution in [0.5, 0.6) is 0 Å². The van der Waals surface area contributed by atoms with E-state index in [4.69, 9.17) is 0 Å². The second-order valence-corrected chi connectivity index (χ2v) is 10.0. The number of hydrogen-bond donors (Lipinski definition) is 2. The van der Waals surface area contributed by atoms with E-state index in [0.717, 1.165) is 17.7 Å².